The normalized spacial score (nSPS) is 16.4. The van der Waals surface area contributed by atoms with E-state index < -0.39 is 0 Å². The third-order valence-corrected chi connectivity index (χ3v) is 2.44. The predicted molar refractivity (Wildman–Crippen MR) is 66.9 cm³/mol. The van der Waals surface area contributed by atoms with Gasteiger partial charge < -0.3 is 15.4 Å². The van der Waals surface area contributed by atoms with E-state index in [0.717, 1.165) is 19.1 Å². The standard InChI is InChI=1S/C11H22N2O2.ClH/c1-3-12-9(2)6-13-11(14)8-15-7-10-4-5-10;/h9-10,12H,3-8H2,1-2H3,(H,13,14);1H/t9-;/m1./s1. The van der Waals surface area contributed by atoms with E-state index in [1.165, 1.54) is 12.8 Å². The van der Waals surface area contributed by atoms with Crippen LogP contribution in [0.25, 0.3) is 0 Å². The lowest BCUT2D eigenvalue weighted by molar-refractivity contribution is -0.125. The van der Waals surface area contributed by atoms with E-state index in [0.29, 0.717) is 12.6 Å². The molecule has 1 atom stereocenters. The summed E-state index contributed by atoms with van der Waals surface area (Å²) in [7, 11) is 0. The third-order valence-electron chi connectivity index (χ3n) is 2.44. The third kappa shape index (κ3) is 7.91. The van der Waals surface area contributed by atoms with Crippen LogP contribution in [0.2, 0.25) is 0 Å². The lowest BCUT2D eigenvalue weighted by atomic mass is 10.3. The molecule has 1 rings (SSSR count). The van der Waals surface area contributed by atoms with Gasteiger partial charge in [-0.3, -0.25) is 4.79 Å². The van der Waals surface area contributed by atoms with Gasteiger partial charge in [-0.15, -0.1) is 12.4 Å². The summed E-state index contributed by atoms with van der Waals surface area (Å²) in [5.74, 6) is 0.707. The van der Waals surface area contributed by atoms with Crippen molar-refractivity contribution in [3.8, 4) is 0 Å². The summed E-state index contributed by atoms with van der Waals surface area (Å²) in [6.45, 7) is 6.64. The van der Waals surface area contributed by atoms with E-state index in [4.69, 9.17) is 4.74 Å². The van der Waals surface area contributed by atoms with Crippen molar-refractivity contribution < 1.29 is 9.53 Å². The van der Waals surface area contributed by atoms with Crippen LogP contribution < -0.4 is 10.6 Å². The first-order valence-electron chi connectivity index (χ1n) is 5.80. The number of amides is 1. The molecule has 1 aliphatic carbocycles. The van der Waals surface area contributed by atoms with Crippen LogP contribution in [0.4, 0.5) is 0 Å². The maximum Gasteiger partial charge on any atom is 0.246 e. The van der Waals surface area contributed by atoms with E-state index in [2.05, 4.69) is 24.5 Å². The van der Waals surface area contributed by atoms with Crippen LogP contribution in [0, 0.1) is 5.92 Å². The highest BCUT2D eigenvalue weighted by molar-refractivity contribution is 5.85. The Hall–Kier alpha value is -0.320. The molecule has 1 aliphatic rings. The zero-order valence-electron chi connectivity index (χ0n) is 10.1. The van der Waals surface area contributed by atoms with Crippen molar-refractivity contribution in [2.45, 2.75) is 32.7 Å². The van der Waals surface area contributed by atoms with Gasteiger partial charge in [0.15, 0.2) is 0 Å². The number of nitrogens with one attached hydrogen (secondary N) is 2. The van der Waals surface area contributed by atoms with Crippen LogP contribution in [0.1, 0.15) is 26.7 Å². The smallest absolute Gasteiger partial charge is 0.246 e. The largest absolute Gasteiger partial charge is 0.371 e. The Morgan fingerprint density at radius 3 is 2.75 bits per heavy atom. The van der Waals surface area contributed by atoms with E-state index in [9.17, 15) is 4.79 Å². The molecule has 5 heteroatoms. The van der Waals surface area contributed by atoms with Crippen LogP contribution in [0.3, 0.4) is 0 Å². The molecule has 0 aromatic rings. The van der Waals surface area contributed by atoms with E-state index in [1.54, 1.807) is 0 Å². The number of hydrogen-bond acceptors (Lipinski definition) is 3. The van der Waals surface area contributed by atoms with Gasteiger partial charge >= 0.3 is 0 Å². The Balaban J connectivity index is 0.00000225. The fourth-order valence-electron chi connectivity index (χ4n) is 1.34. The van der Waals surface area contributed by atoms with E-state index in [-0.39, 0.29) is 24.9 Å². The number of carbonyl (C=O) groups excluding carboxylic acids is 1. The highest BCUT2D eigenvalue weighted by Crippen LogP contribution is 2.28. The monoisotopic (exact) mass is 250 g/mol. The predicted octanol–water partition coefficient (Wildman–Crippen LogP) is 0.949. The fraction of sp³-hybridized carbons (Fsp3) is 0.909. The molecule has 2 N–H and O–H groups in total. The topological polar surface area (TPSA) is 50.4 Å². The summed E-state index contributed by atoms with van der Waals surface area (Å²) in [5, 5.41) is 6.06. The molecule has 1 fully saturated rings. The van der Waals surface area contributed by atoms with Crippen LogP contribution >= 0.6 is 12.4 Å². The number of ether oxygens (including phenoxy) is 1. The Labute approximate surface area is 104 Å². The average molecular weight is 251 g/mol. The van der Waals surface area contributed by atoms with Gasteiger partial charge in [-0.2, -0.15) is 0 Å². The zero-order valence-corrected chi connectivity index (χ0v) is 10.9. The summed E-state index contributed by atoms with van der Waals surface area (Å²) >= 11 is 0. The van der Waals surface area contributed by atoms with Crippen molar-refractivity contribution in [2.75, 3.05) is 26.3 Å². The Morgan fingerprint density at radius 2 is 2.19 bits per heavy atom. The highest BCUT2D eigenvalue weighted by atomic mass is 35.5. The van der Waals surface area contributed by atoms with Crippen molar-refractivity contribution >= 4 is 18.3 Å². The van der Waals surface area contributed by atoms with Crippen LogP contribution in [-0.2, 0) is 9.53 Å². The number of halogens is 1. The van der Waals surface area contributed by atoms with Gasteiger partial charge in [0.1, 0.15) is 6.61 Å². The molecule has 0 spiro atoms. The first-order valence-corrected chi connectivity index (χ1v) is 5.80. The van der Waals surface area contributed by atoms with Crippen molar-refractivity contribution in [3.05, 3.63) is 0 Å². The maximum atomic E-state index is 11.3. The Bertz CT molecular complexity index is 198. The number of hydrogen-bond donors (Lipinski definition) is 2. The van der Waals surface area contributed by atoms with Gasteiger partial charge in [0.25, 0.3) is 0 Å². The lowest BCUT2D eigenvalue weighted by Crippen LogP contribution is -2.40. The second-order valence-electron chi connectivity index (χ2n) is 4.22. The second-order valence-corrected chi connectivity index (χ2v) is 4.22. The van der Waals surface area contributed by atoms with Gasteiger partial charge in [0.05, 0.1) is 6.61 Å². The first-order chi connectivity index (χ1) is 7.22. The molecule has 0 bridgehead atoms. The molecule has 1 amide bonds. The van der Waals surface area contributed by atoms with Gasteiger partial charge in [0.2, 0.25) is 5.91 Å². The Kier molecular flexibility index (Phi) is 8.61. The summed E-state index contributed by atoms with van der Waals surface area (Å²) in [6.07, 6.45) is 2.53. The minimum absolute atomic E-state index is 0. The number of rotatable bonds is 8. The summed E-state index contributed by atoms with van der Waals surface area (Å²) in [5.41, 5.74) is 0. The van der Waals surface area contributed by atoms with E-state index >= 15 is 0 Å². The van der Waals surface area contributed by atoms with Crippen molar-refractivity contribution in [1.82, 2.24) is 10.6 Å². The van der Waals surface area contributed by atoms with Crippen molar-refractivity contribution in [2.24, 2.45) is 5.92 Å². The summed E-state index contributed by atoms with van der Waals surface area (Å²) in [6, 6.07) is 0.322. The molecule has 0 aromatic carbocycles. The minimum Gasteiger partial charge on any atom is -0.371 e. The van der Waals surface area contributed by atoms with Crippen molar-refractivity contribution in [1.29, 1.82) is 0 Å². The molecule has 4 nitrogen and oxygen atoms in total. The van der Waals surface area contributed by atoms with Crippen LogP contribution in [0.5, 0.6) is 0 Å². The summed E-state index contributed by atoms with van der Waals surface area (Å²) < 4.78 is 5.28. The molecule has 0 heterocycles. The molecule has 0 unspecified atom stereocenters. The number of carbonyl (C=O) groups is 1. The SMILES string of the molecule is CCN[C@H](C)CNC(=O)COCC1CC1.Cl. The minimum atomic E-state index is -0.0135. The van der Waals surface area contributed by atoms with Crippen LogP contribution in [0.15, 0.2) is 0 Å². The van der Waals surface area contributed by atoms with Gasteiger partial charge in [-0.1, -0.05) is 6.92 Å². The average Bonchev–Trinajstić information content (AvgIpc) is 2.99. The molecule has 16 heavy (non-hydrogen) atoms. The molecule has 0 aromatic heterocycles. The quantitative estimate of drug-likeness (QED) is 0.675. The van der Waals surface area contributed by atoms with Gasteiger partial charge in [-0.25, -0.2) is 0 Å². The van der Waals surface area contributed by atoms with Crippen molar-refractivity contribution in [3.63, 3.8) is 0 Å². The molecule has 0 aliphatic heterocycles. The summed E-state index contributed by atoms with van der Waals surface area (Å²) in [4.78, 5) is 11.3. The van der Waals surface area contributed by atoms with Gasteiger partial charge in [0, 0.05) is 12.6 Å². The van der Waals surface area contributed by atoms with Gasteiger partial charge in [-0.05, 0) is 32.2 Å². The lowest BCUT2D eigenvalue weighted by Gasteiger charge is -2.13. The zero-order chi connectivity index (χ0) is 11.1. The maximum absolute atomic E-state index is 11.3. The second kappa shape index (κ2) is 8.79. The first kappa shape index (κ1) is 15.7. The molecular weight excluding hydrogens is 228 g/mol. The molecular formula is C11H23ClN2O2. The molecule has 96 valence electrons. The Morgan fingerprint density at radius 1 is 1.50 bits per heavy atom. The molecule has 0 saturated heterocycles. The van der Waals surface area contributed by atoms with Crippen LogP contribution in [-0.4, -0.2) is 38.3 Å². The fourth-order valence-corrected chi connectivity index (χ4v) is 1.34. The molecule has 1 saturated carbocycles. The number of likely N-dealkylation sites (N-methyl/N-ethyl adjacent to an activating group) is 1. The molecule has 0 radical (unpaired) electrons. The highest BCUT2D eigenvalue weighted by Gasteiger charge is 2.21. The van der Waals surface area contributed by atoms with E-state index in [1.807, 2.05) is 0 Å².